The minimum absolute atomic E-state index is 0.357. The summed E-state index contributed by atoms with van der Waals surface area (Å²) in [4.78, 5) is 5.36. The number of hydrogen-bond donors (Lipinski definition) is 1. The standard InChI is InChI=1S/C11H16F3N3S/c1-17-4-2-3-8(7-17)5-15-10-16-6-9(18-10)11(12,13)14/h6,8H,2-5,7H2,1H3,(H,15,16). The van der Waals surface area contributed by atoms with E-state index in [1.54, 1.807) is 0 Å². The summed E-state index contributed by atoms with van der Waals surface area (Å²) in [5, 5.41) is 3.37. The third-order valence-electron chi connectivity index (χ3n) is 3.05. The van der Waals surface area contributed by atoms with Crippen LogP contribution in [0.5, 0.6) is 0 Å². The van der Waals surface area contributed by atoms with Gasteiger partial charge in [0.05, 0.1) is 6.20 Å². The molecule has 1 aliphatic rings. The summed E-state index contributed by atoms with van der Waals surface area (Å²) < 4.78 is 37.2. The molecule has 1 aromatic rings. The molecule has 18 heavy (non-hydrogen) atoms. The fourth-order valence-electron chi connectivity index (χ4n) is 2.16. The van der Waals surface area contributed by atoms with Gasteiger partial charge < -0.3 is 10.2 Å². The summed E-state index contributed by atoms with van der Waals surface area (Å²) in [6, 6.07) is 0. The lowest BCUT2D eigenvalue weighted by molar-refractivity contribution is -0.134. The van der Waals surface area contributed by atoms with E-state index >= 15 is 0 Å². The number of thiazole rings is 1. The van der Waals surface area contributed by atoms with Gasteiger partial charge in [-0.2, -0.15) is 13.2 Å². The van der Waals surface area contributed by atoms with Crippen molar-refractivity contribution >= 4 is 16.5 Å². The van der Waals surface area contributed by atoms with Crippen molar-refractivity contribution in [3.63, 3.8) is 0 Å². The topological polar surface area (TPSA) is 28.2 Å². The largest absolute Gasteiger partial charge is 0.427 e. The maximum atomic E-state index is 12.4. The van der Waals surface area contributed by atoms with Crippen LogP contribution in [0.15, 0.2) is 6.20 Å². The summed E-state index contributed by atoms with van der Waals surface area (Å²) in [6.07, 6.45) is -1.13. The van der Waals surface area contributed by atoms with Gasteiger partial charge in [-0.05, 0) is 32.4 Å². The average Bonchev–Trinajstić information content (AvgIpc) is 2.74. The van der Waals surface area contributed by atoms with E-state index < -0.39 is 11.1 Å². The molecule has 0 saturated carbocycles. The smallest absolute Gasteiger partial charge is 0.361 e. The van der Waals surface area contributed by atoms with Gasteiger partial charge >= 0.3 is 6.18 Å². The Bertz CT molecular complexity index is 391. The molecule has 0 radical (unpaired) electrons. The first-order valence-electron chi connectivity index (χ1n) is 5.90. The zero-order valence-electron chi connectivity index (χ0n) is 10.1. The summed E-state index contributed by atoms with van der Waals surface area (Å²) in [5.74, 6) is 0.488. The Morgan fingerprint density at radius 3 is 2.94 bits per heavy atom. The van der Waals surface area contributed by atoms with E-state index in [0.29, 0.717) is 28.9 Å². The SMILES string of the molecule is CN1CCCC(CNc2ncc(C(F)(F)F)s2)C1. The lowest BCUT2D eigenvalue weighted by Gasteiger charge is -2.29. The van der Waals surface area contributed by atoms with Crippen LogP contribution in [-0.2, 0) is 6.18 Å². The van der Waals surface area contributed by atoms with Crippen LogP contribution in [-0.4, -0.2) is 36.6 Å². The van der Waals surface area contributed by atoms with Crippen molar-refractivity contribution in [1.29, 1.82) is 0 Å². The van der Waals surface area contributed by atoms with Crippen molar-refractivity contribution in [3.05, 3.63) is 11.1 Å². The normalized spacial score (nSPS) is 22.1. The number of rotatable bonds is 3. The van der Waals surface area contributed by atoms with Gasteiger partial charge in [0.1, 0.15) is 4.88 Å². The zero-order chi connectivity index (χ0) is 13.2. The highest BCUT2D eigenvalue weighted by Crippen LogP contribution is 2.35. The molecule has 0 spiro atoms. The van der Waals surface area contributed by atoms with E-state index in [1.165, 1.54) is 0 Å². The van der Waals surface area contributed by atoms with Gasteiger partial charge in [0.2, 0.25) is 0 Å². The van der Waals surface area contributed by atoms with Crippen molar-refractivity contribution in [2.75, 3.05) is 32.0 Å². The van der Waals surface area contributed by atoms with Crippen LogP contribution >= 0.6 is 11.3 Å². The molecule has 2 rings (SSSR count). The van der Waals surface area contributed by atoms with E-state index in [4.69, 9.17) is 0 Å². The molecule has 0 aromatic carbocycles. The first kappa shape index (κ1) is 13.6. The number of nitrogens with zero attached hydrogens (tertiary/aromatic N) is 2. The molecule has 1 unspecified atom stereocenters. The predicted octanol–water partition coefficient (Wildman–Crippen LogP) is 2.92. The van der Waals surface area contributed by atoms with Gasteiger partial charge in [-0.3, -0.25) is 0 Å². The zero-order valence-corrected chi connectivity index (χ0v) is 10.9. The number of nitrogens with one attached hydrogen (secondary N) is 1. The van der Waals surface area contributed by atoms with Crippen molar-refractivity contribution in [2.24, 2.45) is 5.92 Å². The molecular weight excluding hydrogens is 263 g/mol. The highest BCUT2D eigenvalue weighted by molar-refractivity contribution is 7.15. The Hall–Kier alpha value is -0.820. The van der Waals surface area contributed by atoms with E-state index in [2.05, 4.69) is 22.2 Å². The van der Waals surface area contributed by atoms with Crippen molar-refractivity contribution < 1.29 is 13.2 Å². The molecule has 0 amide bonds. The van der Waals surface area contributed by atoms with Gasteiger partial charge in [-0.25, -0.2) is 4.98 Å². The van der Waals surface area contributed by atoms with Crippen LogP contribution in [0, 0.1) is 5.92 Å². The lowest BCUT2D eigenvalue weighted by atomic mass is 9.99. The predicted molar refractivity (Wildman–Crippen MR) is 65.8 cm³/mol. The Labute approximate surface area is 108 Å². The molecule has 1 saturated heterocycles. The van der Waals surface area contributed by atoms with Crippen LogP contribution < -0.4 is 5.32 Å². The number of likely N-dealkylation sites (tertiary alicyclic amines) is 1. The lowest BCUT2D eigenvalue weighted by Crippen LogP contribution is -2.35. The molecule has 1 fully saturated rings. The maximum Gasteiger partial charge on any atom is 0.427 e. The van der Waals surface area contributed by atoms with E-state index in [9.17, 15) is 13.2 Å². The molecule has 1 aromatic heterocycles. The van der Waals surface area contributed by atoms with Gasteiger partial charge in [-0.15, -0.1) is 0 Å². The molecule has 7 heteroatoms. The molecule has 1 atom stereocenters. The third kappa shape index (κ3) is 3.58. The highest BCUT2D eigenvalue weighted by atomic mass is 32.1. The average molecular weight is 279 g/mol. The van der Waals surface area contributed by atoms with Gasteiger partial charge in [0, 0.05) is 13.1 Å². The van der Waals surface area contributed by atoms with Crippen LogP contribution in [0.1, 0.15) is 17.7 Å². The van der Waals surface area contributed by atoms with Crippen LogP contribution in [0.2, 0.25) is 0 Å². The summed E-state index contributed by atoms with van der Waals surface area (Å²) >= 11 is 0.668. The minimum Gasteiger partial charge on any atom is -0.361 e. The van der Waals surface area contributed by atoms with Crippen LogP contribution in [0.25, 0.3) is 0 Å². The Morgan fingerprint density at radius 2 is 2.33 bits per heavy atom. The first-order valence-corrected chi connectivity index (χ1v) is 6.72. The number of piperidine rings is 1. The van der Waals surface area contributed by atoms with E-state index in [0.717, 1.165) is 32.1 Å². The monoisotopic (exact) mass is 279 g/mol. The Morgan fingerprint density at radius 1 is 1.56 bits per heavy atom. The molecule has 1 N–H and O–H groups in total. The quantitative estimate of drug-likeness (QED) is 0.922. The van der Waals surface area contributed by atoms with Gasteiger partial charge in [0.25, 0.3) is 0 Å². The van der Waals surface area contributed by atoms with Gasteiger partial charge in [-0.1, -0.05) is 11.3 Å². The molecule has 0 bridgehead atoms. The summed E-state index contributed by atoms with van der Waals surface area (Å²) in [5.41, 5.74) is 0. The summed E-state index contributed by atoms with van der Waals surface area (Å²) in [6.45, 7) is 2.78. The van der Waals surface area contributed by atoms with Crippen molar-refractivity contribution in [2.45, 2.75) is 19.0 Å². The molecule has 2 heterocycles. The molecular formula is C11H16F3N3S. The fraction of sp³-hybridized carbons (Fsp3) is 0.727. The molecule has 1 aliphatic heterocycles. The number of alkyl halides is 3. The third-order valence-corrected chi connectivity index (χ3v) is 4.05. The fourth-order valence-corrected chi connectivity index (χ4v) is 2.85. The molecule has 3 nitrogen and oxygen atoms in total. The van der Waals surface area contributed by atoms with Crippen LogP contribution in [0.3, 0.4) is 0 Å². The van der Waals surface area contributed by atoms with Crippen molar-refractivity contribution in [1.82, 2.24) is 9.88 Å². The number of hydrogen-bond acceptors (Lipinski definition) is 4. The second kappa shape index (κ2) is 5.44. The Kier molecular flexibility index (Phi) is 4.11. The minimum atomic E-state index is -4.29. The van der Waals surface area contributed by atoms with E-state index in [-0.39, 0.29) is 0 Å². The van der Waals surface area contributed by atoms with Crippen molar-refractivity contribution in [3.8, 4) is 0 Å². The number of anilines is 1. The number of halogens is 3. The second-order valence-electron chi connectivity index (χ2n) is 4.68. The van der Waals surface area contributed by atoms with E-state index in [1.807, 2.05) is 0 Å². The number of aromatic nitrogens is 1. The molecule has 0 aliphatic carbocycles. The second-order valence-corrected chi connectivity index (χ2v) is 5.71. The highest BCUT2D eigenvalue weighted by Gasteiger charge is 2.33. The van der Waals surface area contributed by atoms with Gasteiger partial charge in [0.15, 0.2) is 5.13 Å². The summed E-state index contributed by atoms with van der Waals surface area (Å²) in [7, 11) is 2.07. The van der Waals surface area contributed by atoms with Crippen LogP contribution in [0.4, 0.5) is 18.3 Å². The molecule has 102 valence electrons. The maximum absolute atomic E-state index is 12.4. The Balaban J connectivity index is 1.85. The first-order chi connectivity index (χ1) is 8.45.